The van der Waals surface area contributed by atoms with Gasteiger partial charge in [0.1, 0.15) is 5.82 Å². The molecule has 3 aromatic rings. The van der Waals surface area contributed by atoms with E-state index in [0.29, 0.717) is 5.76 Å². The summed E-state index contributed by atoms with van der Waals surface area (Å²) in [7, 11) is 0. The lowest BCUT2D eigenvalue weighted by Gasteiger charge is -2.05. The van der Waals surface area contributed by atoms with E-state index >= 15 is 0 Å². The van der Waals surface area contributed by atoms with Gasteiger partial charge in [0.05, 0.1) is 16.8 Å². The van der Waals surface area contributed by atoms with Crippen molar-refractivity contribution in [2.24, 2.45) is 0 Å². The highest BCUT2D eigenvalue weighted by molar-refractivity contribution is 6.33. The lowest BCUT2D eigenvalue weighted by atomic mass is 10.0. The first-order chi connectivity index (χ1) is 9.18. The molecule has 0 aliphatic carbocycles. The van der Waals surface area contributed by atoms with E-state index in [4.69, 9.17) is 26.3 Å². The highest BCUT2D eigenvalue weighted by atomic mass is 35.5. The Morgan fingerprint density at radius 2 is 2.00 bits per heavy atom. The van der Waals surface area contributed by atoms with Crippen molar-refractivity contribution in [1.82, 2.24) is 5.16 Å². The Morgan fingerprint density at radius 1 is 1.16 bits per heavy atom. The molecule has 0 spiro atoms. The fourth-order valence-corrected chi connectivity index (χ4v) is 2.11. The Kier molecular flexibility index (Phi) is 2.76. The monoisotopic (exact) mass is 278 g/mol. The summed E-state index contributed by atoms with van der Waals surface area (Å²) in [5.74, 6) is 0.196. The van der Waals surface area contributed by atoms with Gasteiger partial charge in [-0.1, -0.05) is 22.8 Å². The van der Waals surface area contributed by atoms with Crippen LogP contribution >= 0.6 is 11.6 Å². The first-order valence-corrected chi connectivity index (χ1v) is 5.79. The molecule has 3 rings (SSSR count). The van der Waals surface area contributed by atoms with Crippen LogP contribution < -0.4 is 5.73 Å². The Balaban J connectivity index is 2.29. The second-order valence-electron chi connectivity index (χ2n) is 3.85. The third-order valence-electron chi connectivity index (χ3n) is 2.68. The van der Waals surface area contributed by atoms with Crippen LogP contribution in [-0.2, 0) is 0 Å². The molecule has 0 radical (unpaired) electrons. The Labute approximate surface area is 112 Å². The Bertz CT molecular complexity index is 702. The summed E-state index contributed by atoms with van der Waals surface area (Å²) >= 11 is 6.03. The average molecular weight is 279 g/mol. The zero-order valence-electron chi connectivity index (χ0n) is 9.56. The van der Waals surface area contributed by atoms with E-state index < -0.39 is 5.82 Å². The van der Waals surface area contributed by atoms with Crippen LogP contribution in [0, 0.1) is 5.82 Å². The highest BCUT2D eigenvalue weighted by Crippen LogP contribution is 2.41. The smallest absolute Gasteiger partial charge is 0.212 e. The number of hydrogen-bond donors (Lipinski definition) is 1. The summed E-state index contributed by atoms with van der Waals surface area (Å²) in [6, 6.07) is 7.72. The van der Waals surface area contributed by atoms with E-state index in [1.807, 2.05) is 0 Å². The number of nitrogens with two attached hydrogens (primary N) is 1. The molecule has 0 unspecified atom stereocenters. The minimum atomic E-state index is -0.504. The van der Waals surface area contributed by atoms with Crippen LogP contribution in [0.5, 0.6) is 0 Å². The summed E-state index contributed by atoms with van der Waals surface area (Å²) < 4.78 is 24.3. The molecule has 1 aromatic carbocycles. The number of aromatic nitrogens is 1. The fourth-order valence-electron chi connectivity index (χ4n) is 1.86. The van der Waals surface area contributed by atoms with Crippen molar-refractivity contribution in [2.45, 2.75) is 0 Å². The van der Waals surface area contributed by atoms with Gasteiger partial charge in [-0.15, -0.1) is 0 Å². The number of anilines is 1. The van der Waals surface area contributed by atoms with E-state index in [9.17, 15) is 4.39 Å². The summed E-state index contributed by atoms with van der Waals surface area (Å²) in [6.45, 7) is 0. The third kappa shape index (κ3) is 1.88. The summed E-state index contributed by atoms with van der Waals surface area (Å²) in [4.78, 5) is 0. The molecular weight excluding hydrogens is 271 g/mol. The van der Waals surface area contributed by atoms with Crippen LogP contribution in [0.4, 0.5) is 10.2 Å². The van der Waals surface area contributed by atoms with Gasteiger partial charge in [0.15, 0.2) is 11.6 Å². The molecule has 2 heterocycles. The molecule has 0 fully saturated rings. The molecule has 0 saturated heterocycles. The number of nitrogen functional groups attached to an aromatic ring is 1. The molecule has 0 saturated carbocycles. The standard InChI is InChI=1S/C13H8ClFN2O2/c14-7-3-1-4-8(15)10(7)11-12(19-17-13(11)16)9-5-2-6-18-9/h1-6H,(H2,16,17). The molecule has 0 atom stereocenters. The van der Waals surface area contributed by atoms with Crippen molar-refractivity contribution < 1.29 is 13.3 Å². The number of nitrogens with zero attached hydrogens (tertiary/aromatic N) is 1. The summed E-state index contributed by atoms with van der Waals surface area (Å²) in [5, 5.41) is 3.87. The quantitative estimate of drug-likeness (QED) is 0.770. The van der Waals surface area contributed by atoms with E-state index in [1.165, 1.54) is 18.4 Å². The minimum Gasteiger partial charge on any atom is -0.461 e. The highest BCUT2D eigenvalue weighted by Gasteiger charge is 2.24. The second kappa shape index (κ2) is 4.44. The molecule has 2 aromatic heterocycles. The molecule has 0 aliphatic rings. The maximum atomic E-state index is 14.0. The van der Waals surface area contributed by atoms with Crippen LogP contribution in [0.3, 0.4) is 0 Å². The maximum absolute atomic E-state index is 14.0. The molecule has 96 valence electrons. The van der Waals surface area contributed by atoms with Crippen molar-refractivity contribution >= 4 is 17.4 Å². The first-order valence-electron chi connectivity index (χ1n) is 5.42. The fraction of sp³-hybridized carbons (Fsp3) is 0. The number of halogens is 2. The zero-order chi connectivity index (χ0) is 13.4. The predicted octanol–water partition coefficient (Wildman–Crippen LogP) is 3.98. The lowest BCUT2D eigenvalue weighted by molar-refractivity contribution is 0.421. The predicted molar refractivity (Wildman–Crippen MR) is 69.0 cm³/mol. The van der Waals surface area contributed by atoms with Gasteiger partial charge >= 0.3 is 0 Å². The molecule has 6 heteroatoms. The first kappa shape index (κ1) is 11.8. The van der Waals surface area contributed by atoms with Gasteiger partial charge in [0.25, 0.3) is 0 Å². The Hall–Kier alpha value is -2.27. The SMILES string of the molecule is Nc1noc(-c2ccco2)c1-c1c(F)cccc1Cl. The molecule has 0 bridgehead atoms. The van der Waals surface area contributed by atoms with Crippen molar-refractivity contribution in [3.63, 3.8) is 0 Å². The van der Waals surface area contributed by atoms with Crippen LogP contribution in [0.25, 0.3) is 22.6 Å². The van der Waals surface area contributed by atoms with Gasteiger partial charge in [-0.05, 0) is 24.3 Å². The van der Waals surface area contributed by atoms with Crippen molar-refractivity contribution in [2.75, 3.05) is 5.73 Å². The molecule has 4 nitrogen and oxygen atoms in total. The van der Waals surface area contributed by atoms with Crippen LogP contribution in [0.2, 0.25) is 5.02 Å². The molecular formula is C13H8ClFN2O2. The van der Waals surface area contributed by atoms with Gasteiger partial charge in [-0.2, -0.15) is 0 Å². The Morgan fingerprint density at radius 3 is 2.68 bits per heavy atom. The second-order valence-corrected chi connectivity index (χ2v) is 4.25. The van der Waals surface area contributed by atoms with Crippen LogP contribution in [0.15, 0.2) is 45.5 Å². The van der Waals surface area contributed by atoms with Gasteiger partial charge < -0.3 is 14.7 Å². The van der Waals surface area contributed by atoms with Crippen molar-refractivity contribution in [1.29, 1.82) is 0 Å². The normalized spacial score (nSPS) is 10.8. The largest absolute Gasteiger partial charge is 0.461 e. The summed E-state index contributed by atoms with van der Waals surface area (Å²) in [5.41, 5.74) is 6.18. The molecule has 0 aliphatic heterocycles. The number of hydrogen-bond acceptors (Lipinski definition) is 4. The summed E-state index contributed by atoms with van der Waals surface area (Å²) in [6.07, 6.45) is 1.47. The van der Waals surface area contributed by atoms with Gasteiger partial charge in [0, 0.05) is 5.56 Å². The number of benzene rings is 1. The minimum absolute atomic E-state index is 0.0541. The van der Waals surface area contributed by atoms with Crippen LogP contribution in [-0.4, -0.2) is 5.16 Å². The number of rotatable bonds is 2. The topological polar surface area (TPSA) is 65.2 Å². The number of furan rings is 1. The molecule has 2 N–H and O–H groups in total. The average Bonchev–Trinajstić information content (AvgIpc) is 2.99. The van der Waals surface area contributed by atoms with Gasteiger partial charge in [0.2, 0.25) is 5.76 Å². The van der Waals surface area contributed by atoms with E-state index in [0.717, 1.165) is 0 Å². The van der Waals surface area contributed by atoms with Gasteiger partial charge in [-0.3, -0.25) is 0 Å². The van der Waals surface area contributed by atoms with E-state index in [-0.39, 0.29) is 27.7 Å². The van der Waals surface area contributed by atoms with Crippen LogP contribution in [0.1, 0.15) is 0 Å². The van der Waals surface area contributed by atoms with Gasteiger partial charge in [-0.25, -0.2) is 4.39 Å². The maximum Gasteiger partial charge on any atom is 0.212 e. The molecule has 19 heavy (non-hydrogen) atoms. The van der Waals surface area contributed by atoms with E-state index in [2.05, 4.69) is 5.16 Å². The van der Waals surface area contributed by atoms with Crippen molar-refractivity contribution in [3.05, 3.63) is 47.4 Å². The molecule has 0 amide bonds. The lowest BCUT2D eigenvalue weighted by Crippen LogP contribution is -1.92. The third-order valence-corrected chi connectivity index (χ3v) is 2.99. The van der Waals surface area contributed by atoms with Crippen molar-refractivity contribution in [3.8, 4) is 22.6 Å². The van der Waals surface area contributed by atoms with E-state index in [1.54, 1.807) is 18.2 Å². The zero-order valence-corrected chi connectivity index (χ0v) is 10.3.